The Kier molecular flexibility index (Phi) is 10.0. The molecule has 2 heterocycles. The second kappa shape index (κ2) is 15.5. The zero-order valence-electron chi connectivity index (χ0n) is 38.7. The molecular weight excluding hydrogens is 769 g/mol. The van der Waals surface area contributed by atoms with Gasteiger partial charge in [0.25, 0.3) is 0 Å². The first-order valence-corrected chi connectivity index (χ1v) is 23.0. The van der Waals surface area contributed by atoms with E-state index in [1.165, 1.54) is 77.3 Å². The Morgan fingerprint density at radius 1 is 0.587 bits per heavy atom. The third-order valence-electron chi connectivity index (χ3n) is 13.9. The van der Waals surface area contributed by atoms with Crippen LogP contribution in [0.15, 0.2) is 115 Å². The highest BCUT2D eigenvalue weighted by Crippen LogP contribution is 2.55. The van der Waals surface area contributed by atoms with Crippen molar-refractivity contribution in [3.05, 3.63) is 176 Å². The Balaban J connectivity index is 1.11. The number of ether oxygens (including phenoxy) is 2. The molecule has 318 valence electrons. The van der Waals surface area contributed by atoms with Gasteiger partial charge in [-0.2, -0.15) is 0 Å². The molecular formula is C59H60N2O2. The number of anilines is 5. The Labute approximate surface area is 374 Å². The van der Waals surface area contributed by atoms with E-state index in [4.69, 9.17) is 9.47 Å². The lowest BCUT2D eigenvalue weighted by Gasteiger charge is -2.43. The lowest BCUT2D eigenvalue weighted by molar-refractivity contribution is 0.237. The normalized spacial score (nSPS) is 16.7. The molecule has 0 amide bonds. The molecule has 7 aromatic rings. The van der Waals surface area contributed by atoms with Gasteiger partial charge >= 0.3 is 0 Å². The molecule has 4 nitrogen and oxygen atoms in total. The minimum atomic E-state index is -0.100. The van der Waals surface area contributed by atoms with Crippen LogP contribution >= 0.6 is 0 Å². The van der Waals surface area contributed by atoms with Crippen LogP contribution in [0, 0.1) is 41.5 Å². The minimum absolute atomic E-state index is 0.0244. The van der Waals surface area contributed by atoms with Gasteiger partial charge in [0.2, 0.25) is 0 Å². The van der Waals surface area contributed by atoms with Crippen molar-refractivity contribution in [2.24, 2.45) is 0 Å². The smallest absolute Gasteiger partial charge is 0.159 e. The number of nitrogens with zero attached hydrogens (tertiary/aromatic N) is 2. The molecule has 0 spiro atoms. The summed E-state index contributed by atoms with van der Waals surface area (Å²) in [6.07, 6.45) is 8.00. The van der Waals surface area contributed by atoms with Crippen molar-refractivity contribution in [3.63, 3.8) is 0 Å². The Hall–Kier alpha value is -6.26. The zero-order chi connectivity index (χ0) is 43.9. The fourth-order valence-corrected chi connectivity index (χ4v) is 10.8. The number of hydrogen-bond acceptors (Lipinski definition) is 4. The van der Waals surface area contributed by atoms with Crippen molar-refractivity contribution in [1.29, 1.82) is 0 Å². The van der Waals surface area contributed by atoms with E-state index in [2.05, 4.69) is 206 Å². The number of rotatable bonds is 7. The molecule has 63 heavy (non-hydrogen) atoms. The number of hydrogen-bond donors (Lipinski definition) is 0. The van der Waals surface area contributed by atoms with Crippen molar-refractivity contribution in [2.75, 3.05) is 9.80 Å². The van der Waals surface area contributed by atoms with E-state index in [0.29, 0.717) is 0 Å². The summed E-state index contributed by atoms with van der Waals surface area (Å²) < 4.78 is 13.8. The van der Waals surface area contributed by atoms with Crippen LogP contribution in [0.5, 0.6) is 17.2 Å². The predicted molar refractivity (Wildman–Crippen MR) is 265 cm³/mol. The van der Waals surface area contributed by atoms with E-state index in [0.717, 1.165) is 59.0 Å². The van der Waals surface area contributed by atoms with Gasteiger partial charge in [0.1, 0.15) is 11.9 Å². The molecule has 3 unspecified atom stereocenters. The topological polar surface area (TPSA) is 24.9 Å². The van der Waals surface area contributed by atoms with E-state index in [-0.39, 0.29) is 23.5 Å². The maximum Gasteiger partial charge on any atom is 0.159 e. The highest BCUT2D eigenvalue weighted by Gasteiger charge is 2.37. The van der Waals surface area contributed by atoms with Gasteiger partial charge < -0.3 is 19.3 Å². The largest absolute Gasteiger partial charge is 0.482 e. The summed E-state index contributed by atoms with van der Waals surface area (Å²) in [6.45, 7) is 22.8. The highest BCUT2D eigenvalue weighted by atomic mass is 16.5. The van der Waals surface area contributed by atoms with E-state index < -0.39 is 0 Å². The SMILES string of the molecule is CCCCC(c1cc(C)c(N2c3ccccc3OC3C=c4c(C)cccc4=CC32)c(C)c1)c1cc(C)c2ccc3c(c2c1)Oc1ccccc1N3c1c(C)cc(C(C)(C)C)cc1C. The van der Waals surface area contributed by atoms with Crippen LogP contribution in [0.1, 0.15) is 103 Å². The molecule has 0 bridgehead atoms. The summed E-state index contributed by atoms with van der Waals surface area (Å²) in [6, 6.07) is 42.8. The van der Waals surface area contributed by atoms with E-state index in [9.17, 15) is 0 Å². The molecule has 0 radical (unpaired) electrons. The van der Waals surface area contributed by atoms with Gasteiger partial charge in [0.15, 0.2) is 11.5 Å². The lowest BCUT2D eigenvalue weighted by Crippen LogP contribution is -2.51. The first-order valence-electron chi connectivity index (χ1n) is 23.0. The molecule has 0 N–H and O–H groups in total. The van der Waals surface area contributed by atoms with Crippen molar-refractivity contribution in [1.82, 2.24) is 0 Å². The van der Waals surface area contributed by atoms with Gasteiger partial charge in [-0.25, -0.2) is 0 Å². The van der Waals surface area contributed by atoms with E-state index in [1.807, 2.05) is 0 Å². The predicted octanol–water partition coefficient (Wildman–Crippen LogP) is 14.4. The zero-order valence-corrected chi connectivity index (χ0v) is 38.7. The van der Waals surface area contributed by atoms with Crippen molar-refractivity contribution in [3.8, 4) is 17.2 Å². The number of aryl methyl sites for hydroxylation is 6. The second-order valence-electron chi connectivity index (χ2n) is 19.5. The van der Waals surface area contributed by atoms with Crippen LogP contribution in [-0.2, 0) is 5.41 Å². The molecule has 0 aromatic heterocycles. The van der Waals surface area contributed by atoms with Gasteiger partial charge in [-0.05, 0) is 168 Å². The monoisotopic (exact) mass is 828 g/mol. The number of unbranched alkanes of at least 4 members (excludes halogenated alkanes) is 1. The van der Waals surface area contributed by atoms with E-state index in [1.54, 1.807) is 0 Å². The third kappa shape index (κ3) is 6.90. The number of para-hydroxylation sites is 4. The van der Waals surface area contributed by atoms with Crippen LogP contribution in [0.25, 0.3) is 22.9 Å². The van der Waals surface area contributed by atoms with Gasteiger partial charge in [-0.15, -0.1) is 0 Å². The summed E-state index contributed by atoms with van der Waals surface area (Å²) in [5.41, 5.74) is 17.5. The average Bonchev–Trinajstić information content (AvgIpc) is 3.25. The molecule has 3 aliphatic rings. The minimum Gasteiger partial charge on any atom is -0.482 e. The number of benzene rings is 7. The number of fused-ring (bicyclic) bond motifs is 7. The van der Waals surface area contributed by atoms with Gasteiger partial charge in [0, 0.05) is 17.0 Å². The van der Waals surface area contributed by atoms with Crippen molar-refractivity contribution in [2.45, 2.75) is 112 Å². The van der Waals surface area contributed by atoms with Crippen LogP contribution in [-0.4, -0.2) is 12.1 Å². The summed E-state index contributed by atoms with van der Waals surface area (Å²) in [4.78, 5) is 5.00. The highest BCUT2D eigenvalue weighted by molar-refractivity contribution is 6.01. The second-order valence-corrected chi connectivity index (χ2v) is 19.5. The summed E-state index contributed by atoms with van der Waals surface area (Å²) in [5, 5.41) is 4.92. The molecule has 1 aliphatic carbocycles. The van der Waals surface area contributed by atoms with Gasteiger partial charge in [-0.3, -0.25) is 0 Å². The molecule has 7 aromatic carbocycles. The molecule has 0 saturated heterocycles. The molecule has 4 heteroatoms. The summed E-state index contributed by atoms with van der Waals surface area (Å²) in [5.74, 6) is 2.94. The van der Waals surface area contributed by atoms with E-state index >= 15 is 0 Å². The first kappa shape index (κ1) is 40.8. The third-order valence-corrected chi connectivity index (χ3v) is 13.9. The fourth-order valence-electron chi connectivity index (χ4n) is 10.8. The van der Waals surface area contributed by atoms with Crippen molar-refractivity contribution >= 4 is 51.4 Å². The van der Waals surface area contributed by atoms with Crippen molar-refractivity contribution < 1.29 is 9.47 Å². The summed E-state index contributed by atoms with van der Waals surface area (Å²) in [7, 11) is 0. The van der Waals surface area contributed by atoms with Crippen LogP contribution in [0.3, 0.4) is 0 Å². The standard InChI is InChI=1S/C59H60N2O2/c1-11-12-20-46(42-28-37(4)56(38(5)29-42)61-49-21-13-15-23-53(49)62-55-34-47-35(2)18-17-19-41(47)33-52(55)61)43-27-36(3)45-25-26-51-58(48(45)32-43)63-54-24-16-14-22-50(54)60(51)57-39(6)30-44(31-40(57)7)59(8,9)10/h13-19,21-34,46,52,55H,11-12,20H2,1-10H3. The maximum atomic E-state index is 7.04. The van der Waals surface area contributed by atoms with Crippen LogP contribution in [0.2, 0.25) is 0 Å². The quantitative estimate of drug-likeness (QED) is 0.160. The Morgan fingerprint density at radius 3 is 1.95 bits per heavy atom. The summed E-state index contributed by atoms with van der Waals surface area (Å²) >= 11 is 0. The average molecular weight is 829 g/mol. The van der Waals surface area contributed by atoms with Crippen LogP contribution < -0.4 is 29.7 Å². The van der Waals surface area contributed by atoms with Gasteiger partial charge in [-0.1, -0.05) is 119 Å². The first-order chi connectivity index (χ1) is 30.3. The molecule has 2 aliphatic heterocycles. The Morgan fingerprint density at radius 2 is 1.24 bits per heavy atom. The Bertz CT molecular complexity index is 3050. The van der Waals surface area contributed by atoms with Gasteiger partial charge in [0.05, 0.1) is 28.8 Å². The molecule has 0 saturated carbocycles. The fraction of sp³-hybridized carbons (Fsp3) is 0.288. The van der Waals surface area contributed by atoms with Crippen LogP contribution in [0.4, 0.5) is 28.4 Å². The molecule has 10 rings (SSSR count). The molecule has 3 atom stereocenters. The lowest BCUT2D eigenvalue weighted by atomic mass is 9.83. The molecule has 0 fully saturated rings. The maximum absolute atomic E-state index is 7.04.